The Labute approximate surface area is 154 Å². The van der Waals surface area contributed by atoms with Gasteiger partial charge in [0.1, 0.15) is 11.5 Å². The average molecular weight is 371 g/mol. The van der Waals surface area contributed by atoms with Gasteiger partial charge >= 0.3 is 5.97 Å². The van der Waals surface area contributed by atoms with Crippen LogP contribution in [0.1, 0.15) is 36.4 Å². The van der Waals surface area contributed by atoms with Crippen LogP contribution in [0.25, 0.3) is 17.4 Å². The largest absolute Gasteiger partial charge is 0.478 e. The van der Waals surface area contributed by atoms with Crippen LogP contribution in [-0.4, -0.2) is 33.2 Å². The Morgan fingerprint density at radius 2 is 2.08 bits per heavy atom. The van der Waals surface area contributed by atoms with Crippen LogP contribution in [0, 0.1) is 0 Å². The van der Waals surface area contributed by atoms with E-state index in [1.54, 1.807) is 24.3 Å². The molecule has 1 atom stereocenters. The number of hydrogen-bond donors (Lipinski definition) is 1. The number of rotatable bonds is 5. The number of aromatic carboxylic acids is 1. The lowest BCUT2D eigenvalue weighted by Gasteiger charge is -2.19. The Morgan fingerprint density at radius 3 is 2.77 bits per heavy atom. The molecule has 134 valence electrons. The molecule has 1 fully saturated rings. The van der Waals surface area contributed by atoms with E-state index >= 15 is 0 Å². The molecule has 1 saturated heterocycles. The summed E-state index contributed by atoms with van der Waals surface area (Å²) in [4.78, 5) is 37.1. The normalized spacial score (nSPS) is 17.2. The van der Waals surface area contributed by atoms with Gasteiger partial charge in [-0.2, -0.15) is 0 Å². The molecule has 0 radical (unpaired) electrons. The van der Waals surface area contributed by atoms with Gasteiger partial charge in [0.05, 0.1) is 10.5 Å². The Bertz CT molecular complexity index is 914. The van der Waals surface area contributed by atoms with Crippen LogP contribution in [-0.2, 0) is 4.79 Å². The highest BCUT2D eigenvalue weighted by Gasteiger charge is 2.37. The van der Waals surface area contributed by atoms with Gasteiger partial charge in [-0.1, -0.05) is 19.1 Å². The lowest BCUT2D eigenvalue weighted by Crippen LogP contribution is -2.36. The molecular formula is C19H17NO5S. The lowest BCUT2D eigenvalue weighted by molar-refractivity contribution is -0.124. The van der Waals surface area contributed by atoms with E-state index in [9.17, 15) is 14.4 Å². The number of hydrogen-bond acceptors (Lipinski definition) is 5. The van der Waals surface area contributed by atoms with E-state index in [1.807, 2.05) is 13.8 Å². The van der Waals surface area contributed by atoms with Crippen LogP contribution >= 0.6 is 11.8 Å². The van der Waals surface area contributed by atoms with Gasteiger partial charge in [-0.25, -0.2) is 4.79 Å². The molecule has 0 aliphatic carbocycles. The zero-order valence-electron chi connectivity index (χ0n) is 14.3. The predicted molar refractivity (Wildman–Crippen MR) is 98.7 cm³/mol. The van der Waals surface area contributed by atoms with Crippen molar-refractivity contribution >= 4 is 35.0 Å². The van der Waals surface area contributed by atoms with E-state index in [4.69, 9.17) is 9.52 Å². The number of carbonyl (C=O) groups is 3. The van der Waals surface area contributed by atoms with Crippen molar-refractivity contribution in [2.24, 2.45) is 0 Å². The first kappa shape index (κ1) is 18.0. The van der Waals surface area contributed by atoms with Crippen molar-refractivity contribution in [2.75, 3.05) is 0 Å². The van der Waals surface area contributed by atoms with Gasteiger partial charge in [0.15, 0.2) is 0 Å². The smallest absolute Gasteiger partial charge is 0.335 e. The third-order valence-electron chi connectivity index (χ3n) is 4.15. The highest BCUT2D eigenvalue weighted by atomic mass is 32.2. The average Bonchev–Trinajstić information content (AvgIpc) is 3.19. The zero-order valence-corrected chi connectivity index (χ0v) is 15.1. The van der Waals surface area contributed by atoms with Crippen LogP contribution < -0.4 is 0 Å². The molecule has 26 heavy (non-hydrogen) atoms. The Kier molecular flexibility index (Phi) is 4.99. The second-order valence-electron chi connectivity index (χ2n) is 5.90. The fraction of sp³-hybridized carbons (Fsp3) is 0.211. The molecule has 7 heteroatoms. The molecule has 2 amide bonds. The number of amides is 2. The first-order valence-corrected chi connectivity index (χ1v) is 8.93. The molecule has 0 spiro atoms. The number of benzene rings is 1. The number of furan rings is 1. The zero-order chi connectivity index (χ0) is 18.8. The summed E-state index contributed by atoms with van der Waals surface area (Å²) in [6.07, 6.45) is 2.23. The van der Waals surface area contributed by atoms with Crippen molar-refractivity contribution in [3.8, 4) is 11.3 Å². The summed E-state index contributed by atoms with van der Waals surface area (Å²) in [6, 6.07) is 9.62. The number of carboxylic acids is 1. The van der Waals surface area contributed by atoms with Crippen LogP contribution in [0.2, 0.25) is 0 Å². The third-order valence-corrected chi connectivity index (χ3v) is 5.03. The number of imide groups is 1. The molecule has 1 N–H and O–H groups in total. The maximum absolute atomic E-state index is 12.4. The summed E-state index contributed by atoms with van der Waals surface area (Å²) in [7, 11) is 0. The molecule has 0 unspecified atom stereocenters. The number of carbonyl (C=O) groups excluding carboxylic acids is 2. The monoisotopic (exact) mass is 371 g/mol. The van der Waals surface area contributed by atoms with E-state index in [0.29, 0.717) is 28.4 Å². The first-order chi connectivity index (χ1) is 12.4. The maximum Gasteiger partial charge on any atom is 0.335 e. The molecule has 2 heterocycles. The van der Waals surface area contributed by atoms with Crippen LogP contribution in [0.5, 0.6) is 0 Å². The van der Waals surface area contributed by atoms with Crippen LogP contribution in [0.3, 0.4) is 0 Å². The summed E-state index contributed by atoms with van der Waals surface area (Å²) in [5.41, 5.74) is 0.785. The van der Waals surface area contributed by atoms with E-state index in [2.05, 4.69) is 0 Å². The molecule has 1 aliphatic rings. The lowest BCUT2D eigenvalue weighted by atomic mass is 10.1. The minimum absolute atomic E-state index is 0.153. The minimum atomic E-state index is -1.02. The third kappa shape index (κ3) is 3.43. The topological polar surface area (TPSA) is 87.8 Å². The summed E-state index contributed by atoms with van der Waals surface area (Å²) in [5, 5.41) is 8.80. The Balaban J connectivity index is 1.86. The van der Waals surface area contributed by atoms with Crippen molar-refractivity contribution in [1.82, 2.24) is 4.90 Å². The van der Waals surface area contributed by atoms with E-state index in [0.717, 1.165) is 11.8 Å². The van der Waals surface area contributed by atoms with E-state index < -0.39 is 5.97 Å². The van der Waals surface area contributed by atoms with Gasteiger partial charge in [-0.3, -0.25) is 14.5 Å². The minimum Gasteiger partial charge on any atom is -0.478 e. The molecule has 6 nitrogen and oxygen atoms in total. The van der Waals surface area contributed by atoms with Gasteiger partial charge in [0.2, 0.25) is 0 Å². The quantitative estimate of drug-likeness (QED) is 0.780. The molecule has 1 aliphatic heterocycles. The number of nitrogens with zero attached hydrogens (tertiary/aromatic N) is 1. The summed E-state index contributed by atoms with van der Waals surface area (Å²) < 4.78 is 5.71. The molecule has 3 rings (SSSR count). The predicted octanol–water partition coefficient (Wildman–Crippen LogP) is 4.48. The second kappa shape index (κ2) is 7.21. The Morgan fingerprint density at radius 1 is 1.31 bits per heavy atom. The molecule has 1 aromatic heterocycles. The SMILES string of the molecule is CC[C@H](C)N1C(=O)S/C(=C\c2ccc(-c3cccc(C(=O)O)c3)o2)C1=O. The molecular weight excluding hydrogens is 354 g/mol. The summed E-state index contributed by atoms with van der Waals surface area (Å²) >= 11 is 0.893. The van der Waals surface area contributed by atoms with Crippen molar-refractivity contribution in [2.45, 2.75) is 26.3 Å². The molecule has 0 saturated carbocycles. The summed E-state index contributed by atoms with van der Waals surface area (Å²) in [5.74, 6) is -0.423. The molecule has 2 aromatic rings. The van der Waals surface area contributed by atoms with Crippen molar-refractivity contribution in [3.05, 3.63) is 52.6 Å². The van der Waals surface area contributed by atoms with Gasteiger partial charge in [0, 0.05) is 17.7 Å². The van der Waals surface area contributed by atoms with E-state index in [-0.39, 0.29) is 22.8 Å². The van der Waals surface area contributed by atoms with Crippen molar-refractivity contribution < 1.29 is 23.9 Å². The van der Waals surface area contributed by atoms with Crippen LogP contribution in [0.15, 0.2) is 45.7 Å². The Hall–Kier alpha value is -2.80. The van der Waals surface area contributed by atoms with Crippen molar-refractivity contribution in [3.63, 3.8) is 0 Å². The van der Waals surface area contributed by atoms with Gasteiger partial charge in [0.25, 0.3) is 11.1 Å². The van der Waals surface area contributed by atoms with Crippen LogP contribution in [0.4, 0.5) is 4.79 Å². The first-order valence-electron chi connectivity index (χ1n) is 8.11. The molecule has 0 bridgehead atoms. The fourth-order valence-electron chi connectivity index (χ4n) is 2.56. The van der Waals surface area contributed by atoms with Crippen molar-refractivity contribution in [1.29, 1.82) is 0 Å². The highest BCUT2D eigenvalue weighted by molar-refractivity contribution is 8.18. The van der Waals surface area contributed by atoms with E-state index in [1.165, 1.54) is 23.1 Å². The highest BCUT2D eigenvalue weighted by Crippen LogP contribution is 2.35. The van der Waals surface area contributed by atoms with Gasteiger partial charge < -0.3 is 9.52 Å². The van der Waals surface area contributed by atoms with Gasteiger partial charge in [-0.15, -0.1) is 0 Å². The summed E-state index contributed by atoms with van der Waals surface area (Å²) in [6.45, 7) is 3.75. The standard InChI is InChI=1S/C19H17NO5S/c1-3-11(2)20-17(21)16(26-19(20)24)10-14-7-8-15(25-14)12-5-4-6-13(9-12)18(22)23/h4-11H,3H2,1-2H3,(H,22,23)/b16-10-/t11-/m0/s1. The fourth-order valence-corrected chi connectivity index (χ4v) is 3.47. The number of thioether (sulfide) groups is 1. The maximum atomic E-state index is 12.4. The molecule has 1 aromatic carbocycles. The number of carboxylic acid groups (broad SMARTS) is 1. The van der Waals surface area contributed by atoms with Gasteiger partial charge in [-0.05, 0) is 49.4 Å². The second-order valence-corrected chi connectivity index (χ2v) is 6.89.